The molecule has 1 aliphatic carbocycles. The van der Waals surface area contributed by atoms with E-state index in [2.05, 4.69) is 15.2 Å². The van der Waals surface area contributed by atoms with E-state index in [1.165, 1.54) is 15.9 Å². The van der Waals surface area contributed by atoms with Crippen LogP contribution in [0.2, 0.25) is 0 Å². The van der Waals surface area contributed by atoms with Crippen LogP contribution in [0.15, 0.2) is 18.3 Å². The molecule has 1 aliphatic rings. The van der Waals surface area contributed by atoms with Crippen molar-refractivity contribution < 1.29 is 9.59 Å². The minimum Gasteiger partial charge on any atom is -0.384 e. The van der Waals surface area contributed by atoms with Gasteiger partial charge in [-0.25, -0.2) is 4.79 Å². The number of nitrogens with zero attached hydrogens (tertiary/aromatic N) is 3. The van der Waals surface area contributed by atoms with Crippen molar-refractivity contribution >= 4 is 52.4 Å². The van der Waals surface area contributed by atoms with Crippen molar-refractivity contribution in [3.63, 3.8) is 0 Å². The number of Topliss-reactive ketones (excluding diaryl/α,β-unsaturated/α-hetero) is 1. The van der Waals surface area contributed by atoms with E-state index in [1.54, 1.807) is 0 Å². The molecule has 10 nitrogen and oxygen atoms in total. The number of H-pyrrole nitrogens is 1. The highest BCUT2D eigenvalue weighted by molar-refractivity contribution is 8.03. The first kappa shape index (κ1) is 18.7. The Hall–Kier alpha value is -2.12. The van der Waals surface area contributed by atoms with Crippen molar-refractivity contribution in [3.05, 3.63) is 26.4 Å². The fourth-order valence-corrected chi connectivity index (χ4v) is 4.81. The van der Waals surface area contributed by atoms with Gasteiger partial charge in [0.05, 0.1) is 11.5 Å². The molecule has 0 unspecified atom stereocenters. The van der Waals surface area contributed by atoms with Gasteiger partial charge in [0.1, 0.15) is 11.4 Å². The Balaban J connectivity index is 1.71. The summed E-state index contributed by atoms with van der Waals surface area (Å²) in [6.45, 7) is 0. The van der Waals surface area contributed by atoms with E-state index in [-0.39, 0.29) is 28.9 Å². The normalized spacial score (nSPS) is 13.7. The lowest BCUT2D eigenvalue weighted by molar-refractivity contribution is -0.115. The smallest absolute Gasteiger partial charge is 0.330 e. The van der Waals surface area contributed by atoms with Gasteiger partial charge in [0.15, 0.2) is 14.5 Å². The Bertz CT molecular complexity index is 977. The van der Waals surface area contributed by atoms with Crippen LogP contribution in [-0.4, -0.2) is 42.9 Å². The first-order valence-corrected chi connectivity index (χ1v) is 10.2. The topological polar surface area (TPSA) is 167 Å². The number of hydrogen-bond donors (Lipinski definition) is 3. The van der Waals surface area contributed by atoms with Crippen LogP contribution in [0, 0.1) is 0 Å². The molecule has 1 fully saturated rings. The molecule has 2 aromatic heterocycles. The SMILES string of the molecule is NC(=O)CSc1nnc(SCC(=O)c2c(N)n(C3CC3)c(=O)[nH]c2=O)s1. The van der Waals surface area contributed by atoms with Crippen LogP contribution in [0.25, 0.3) is 0 Å². The number of carbonyl (C=O) groups excluding carboxylic acids is 2. The van der Waals surface area contributed by atoms with Crippen LogP contribution < -0.4 is 22.7 Å². The van der Waals surface area contributed by atoms with Crippen molar-refractivity contribution in [2.24, 2.45) is 5.73 Å². The van der Waals surface area contributed by atoms with Crippen molar-refractivity contribution in [1.82, 2.24) is 19.7 Å². The molecule has 2 heterocycles. The van der Waals surface area contributed by atoms with Crippen LogP contribution in [0.4, 0.5) is 5.82 Å². The van der Waals surface area contributed by atoms with Gasteiger partial charge < -0.3 is 11.5 Å². The van der Waals surface area contributed by atoms with Crippen molar-refractivity contribution in [3.8, 4) is 0 Å². The highest BCUT2D eigenvalue weighted by Gasteiger charge is 2.30. The monoisotopic (exact) mass is 414 g/mol. The summed E-state index contributed by atoms with van der Waals surface area (Å²) in [6, 6.07) is -0.0634. The number of rotatable bonds is 8. The van der Waals surface area contributed by atoms with Crippen molar-refractivity contribution in [2.45, 2.75) is 27.6 Å². The molecule has 138 valence electrons. The molecule has 5 N–H and O–H groups in total. The van der Waals surface area contributed by atoms with E-state index in [1.807, 2.05) is 0 Å². The standard InChI is InChI=1S/C13H14N6O4S3/c14-7(21)4-25-13-18-17-12(26-13)24-3-6(20)8-9(15)19(5-1-2-5)11(23)16-10(8)22/h5H,1-4,15H2,(H2,14,21)(H,16,22,23). The molecule has 0 radical (unpaired) electrons. The van der Waals surface area contributed by atoms with Crippen LogP contribution in [0.5, 0.6) is 0 Å². The maximum Gasteiger partial charge on any atom is 0.330 e. The van der Waals surface area contributed by atoms with Crippen LogP contribution in [-0.2, 0) is 4.79 Å². The maximum absolute atomic E-state index is 12.4. The Morgan fingerprint density at radius 3 is 2.38 bits per heavy atom. The molecule has 0 saturated heterocycles. The zero-order valence-electron chi connectivity index (χ0n) is 13.3. The third-order valence-corrected chi connectivity index (χ3v) is 6.64. The minimum absolute atomic E-state index is 0.0634. The minimum atomic E-state index is -0.787. The lowest BCUT2D eigenvalue weighted by Gasteiger charge is -2.10. The number of amides is 1. The van der Waals surface area contributed by atoms with Gasteiger partial charge in [0.25, 0.3) is 5.56 Å². The fraction of sp³-hybridized carbons (Fsp3) is 0.385. The third kappa shape index (κ3) is 4.16. The van der Waals surface area contributed by atoms with Gasteiger partial charge in [-0.1, -0.05) is 34.9 Å². The molecule has 0 bridgehead atoms. The fourth-order valence-electron chi connectivity index (χ4n) is 2.18. The second-order valence-electron chi connectivity index (χ2n) is 5.42. The van der Waals surface area contributed by atoms with Gasteiger partial charge >= 0.3 is 5.69 Å². The molecule has 1 saturated carbocycles. The summed E-state index contributed by atoms with van der Waals surface area (Å²) in [6.07, 6.45) is 1.57. The van der Waals surface area contributed by atoms with Gasteiger partial charge in [-0.05, 0) is 12.8 Å². The van der Waals surface area contributed by atoms with E-state index in [4.69, 9.17) is 11.5 Å². The van der Waals surface area contributed by atoms with Crippen molar-refractivity contribution in [1.29, 1.82) is 0 Å². The lowest BCUT2D eigenvalue weighted by Crippen LogP contribution is -2.36. The van der Waals surface area contributed by atoms with Gasteiger partial charge in [0.2, 0.25) is 5.91 Å². The molecule has 0 spiro atoms. The van der Waals surface area contributed by atoms with Crippen LogP contribution in [0.1, 0.15) is 29.2 Å². The number of carbonyl (C=O) groups is 2. The van der Waals surface area contributed by atoms with Crippen LogP contribution >= 0.6 is 34.9 Å². The van der Waals surface area contributed by atoms with Gasteiger partial charge in [-0.2, -0.15) is 0 Å². The number of aromatic amines is 1. The van der Waals surface area contributed by atoms with Gasteiger partial charge in [-0.15, -0.1) is 10.2 Å². The summed E-state index contributed by atoms with van der Waals surface area (Å²) in [4.78, 5) is 49.2. The molecule has 26 heavy (non-hydrogen) atoms. The number of thioether (sulfide) groups is 2. The van der Waals surface area contributed by atoms with Gasteiger partial charge in [0, 0.05) is 6.04 Å². The zero-order valence-corrected chi connectivity index (χ0v) is 15.7. The predicted octanol–water partition coefficient (Wildman–Crippen LogP) is -0.142. The maximum atomic E-state index is 12.4. The lowest BCUT2D eigenvalue weighted by atomic mass is 10.2. The largest absolute Gasteiger partial charge is 0.384 e. The number of anilines is 1. The molecular weight excluding hydrogens is 400 g/mol. The number of primary amides is 1. The summed E-state index contributed by atoms with van der Waals surface area (Å²) >= 11 is 3.47. The molecule has 13 heteroatoms. The van der Waals surface area contributed by atoms with E-state index < -0.39 is 22.9 Å². The molecular formula is C13H14N6O4S3. The Morgan fingerprint density at radius 2 is 1.81 bits per heavy atom. The average molecular weight is 414 g/mol. The predicted molar refractivity (Wildman–Crippen MR) is 98.9 cm³/mol. The third-order valence-electron chi connectivity index (χ3n) is 3.43. The summed E-state index contributed by atoms with van der Waals surface area (Å²) in [5, 5.41) is 7.79. The summed E-state index contributed by atoms with van der Waals surface area (Å²) in [5.41, 5.74) is 9.38. The van der Waals surface area contributed by atoms with Gasteiger partial charge in [-0.3, -0.25) is 23.9 Å². The number of nitrogens with one attached hydrogen (secondary N) is 1. The van der Waals surface area contributed by atoms with Crippen LogP contribution in [0.3, 0.4) is 0 Å². The zero-order chi connectivity index (χ0) is 18.8. The first-order valence-electron chi connectivity index (χ1n) is 7.41. The molecule has 1 amide bonds. The van der Waals surface area contributed by atoms with E-state index >= 15 is 0 Å². The first-order chi connectivity index (χ1) is 12.4. The molecule has 0 aromatic carbocycles. The van der Waals surface area contributed by atoms with Crippen molar-refractivity contribution in [2.75, 3.05) is 17.2 Å². The molecule has 2 aromatic rings. The summed E-state index contributed by atoms with van der Waals surface area (Å²) < 4.78 is 2.33. The average Bonchev–Trinajstić information content (AvgIpc) is 3.28. The highest BCUT2D eigenvalue weighted by Crippen LogP contribution is 2.35. The molecule has 0 aliphatic heterocycles. The van der Waals surface area contributed by atoms with E-state index in [0.29, 0.717) is 8.68 Å². The van der Waals surface area contributed by atoms with E-state index in [9.17, 15) is 19.2 Å². The summed E-state index contributed by atoms with van der Waals surface area (Å²) in [7, 11) is 0. The Morgan fingerprint density at radius 1 is 1.19 bits per heavy atom. The second kappa shape index (κ2) is 7.63. The Labute approximate surface area is 158 Å². The number of aromatic nitrogens is 4. The molecule has 0 atom stereocenters. The van der Waals surface area contributed by atoms with E-state index in [0.717, 1.165) is 36.4 Å². The number of nitrogens with two attached hydrogens (primary N) is 2. The summed E-state index contributed by atoms with van der Waals surface area (Å²) in [5.74, 6) is -1.04. The number of ketones is 1. The number of hydrogen-bond acceptors (Lipinski definition) is 10. The quantitative estimate of drug-likeness (QED) is 0.393. The second-order valence-corrected chi connectivity index (χ2v) is 8.84. The number of nitrogen functional groups attached to an aromatic ring is 1. The highest BCUT2D eigenvalue weighted by atomic mass is 32.2. The Kier molecular flexibility index (Phi) is 5.48. The molecule has 3 rings (SSSR count).